The van der Waals surface area contributed by atoms with E-state index in [0.717, 1.165) is 6.54 Å². The Labute approximate surface area is 95.1 Å². The Balaban J connectivity index is 2.23. The number of thiophene rings is 1. The van der Waals surface area contributed by atoms with Gasteiger partial charge in [0.2, 0.25) is 0 Å². The highest BCUT2D eigenvalue weighted by Crippen LogP contribution is 2.26. The minimum Gasteiger partial charge on any atom is -0.310 e. The topological polar surface area (TPSA) is 12.0 Å². The molecule has 0 radical (unpaired) electrons. The number of benzene rings is 1. The highest BCUT2D eigenvalue weighted by Gasteiger charge is 2.02. The van der Waals surface area contributed by atoms with E-state index in [1.54, 1.807) is 0 Å². The van der Waals surface area contributed by atoms with Gasteiger partial charge in [-0.1, -0.05) is 31.5 Å². The van der Waals surface area contributed by atoms with Crippen molar-refractivity contribution in [3.8, 4) is 0 Å². The molecule has 0 amide bonds. The van der Waals surface area contributed by atoms with Crippen LogP contribution in [0.15, 0.2) is 24.3 Å². The average molecular weight is 219 g/mol. The van der Waals surface area contributed by atoms with Crippen molar-refractivity contribution in [2.24, 2.45) is 0 Å². The minimum absolute atomic E-state index is 0.553. The van der Waals surface area contributed by atoms with E-state index in [-0.39, 0.29) is 0 Å². The molecule has 1 nitrogen and oxygen atoms in total. The fourth-order valence-corrected chi connectivity index (χ4v) is 2.61. The van der Waals surface area contributed by atoms with Crippen molar-refractivity contribution in [3.63, 3.8) is 0 Å². The van der Waals surface area contributed by atoms with Gasteiger partial charge in [-0.3, -0.25) is 0 Å². The molecule has 0 saturated heterocycles. The number of aryl methyl sites for hydroxylation is 1. The van der Waals surface area contributed by atoms with Gasteiger partial charge in [-0.2, -0.15) is 0 Å². The van der Waals surface area contributed by atoms with E-state index in [2.05, 4.69) is 50.4 Å². The van der Waals surface area contributed by atoms with Crippen LogP contribution in [0, 0.1) is 6.92 Å². The molecular formula is C13H17NS. The third kappa shape index (κ3) is 2.58. The summed E-state index contributed by atoms with van der Waals surface area (Å²) in [5.41, 5.74) is 1.34. The first-order chi connectivity index (χ1) is 7.15. The van der Waals surface area contributed by atoms with Crippen LogP contribution in [0.2, 0.25) is 0 Å². The second-order valence-electron chi connectivity index (χ2n) is 4.29. The SMILES string of the molecule is Cc1ccc2sc(CNC(C)C)cc2c1. The normalized spacial score (nSPS) is 11.5. The Kier molecular flexibility index (Phi) is 3.08. The Morgan fingerprint density at radius 1 is 1.27 bits per heavy atom. The van der Waals surface area contributed by atoms with Gasteiger partial charge in [-0.25, -0.2) is 0 Å². The number of rotatable bonds is 3. The zero-order valence-electron chi connectivity index (χ0n) is 9.50. The summed E-state index contributed by atoms with van der Waals surface area (Å²) in [5, 5.41) is 4.82. The number of hydrogen-bond acceptors (Lipinski definition) is 2. The first-order valence-corrected chi connectivity index (χ1v) is 6.19. The maximum atomic E-state index is 3.45. The Hall–Kier alpha value is -0.860. The fourth-order valence-electron chi connectivity index (χ4n) is 1.61. The average Bonchev–Trinajstić information content (AvgIpc) is 2.56. The molecular weight excluding hydrogens is 202 g/mol. The molecule has 0 atom stereocenters. The molecule has 1 aromatic heterocycles. The predicted octanol–water partition coefficient (Wildman–Crippen LogP) is 3.71. The van der Waals surface area contributed by atoms with Crippen LogP contribution in [-0.2, 0) is 6.54 Å². The number of hydrogen-bond donors (Lipinski definition) is 1. The van der Waals surface area contributed by atoms with Crippen LogP contribution in [0.3, 0.4) is 0 Å². The molecule has 0 aliphatic carbocycles. The lowest BCUT2D eigenvalue weighted by Crippen LogP contribution is -2.21. The van der Waals surface area contributed by atoms with Crippen LogP contribution in [-0.4, -0.2) is 6.04 Å². The van der Waals surface area contributed by atoms with Crippen LogP contribution in [0.1, 0.15) is 24.3 Å². The van der Waals surface area contributed by atoms with Gasteiger partial charge in [-0.05, 0) is 24.4 Å². The molecule has 0 fully saturated rings. The first-order valence-electron chi connectivity index (χ1n) is 5.37. The summed E-state index contributed by atoms with van der Waals surface area (Å²) in [6, 6.07) is 9.50. The molecule has 2 rings (SSSR count). The van der Waals surface area contributed by atoms with Crippen LogP contribution >= 0.6 is 11.3 Å². The molecule has 0 bridgehead atoms. The van der Waals surface area contributed by atoms with E-state index in [9.17, 15) is 0 Å². The highest BCUT2D eigenvalue weighted by atomic mass is 32.1. The zero-order valence-corrected chi connectivity index (χ0v) is 10.3. The van der Waals surface area contributed by atoms with Crippen LogP contribution in [0.25, 0.3) is 10.1 Å². The van der Waals surface area contributed by atoms with Gasteiger partial charge in [0.1, 0.15) is 0 Å². The molecule has 1 heterocycles. The van der Waals surface area contributed by atoms with Gasteiger partial charge in [0, 0.05) is 22.2 Å². The Bertz CT molecular complexity index is 457. The molecule has 15 heavy (non-hydrogen) atoms. The monoisotopic (exact) mass is 219 g/mol. The second-order valence-corrected chi connectivity index (χ2v) is 5.46. The molecule has 2 heteroatoms. The maximum absolute atomic E-state index is 3.45. The summed E-state index contributed by atoms with van der Waals surface area (Å²) in [6.45, 7) is 7.48. The van der Waals surface area contributed by atoms with E-state index in [0.29, 0.717) is 6.04 Å². The van der Waals surface area contributed by atoms with Gasteiger partial charge in [0.25, 0.3) is 0 Å². The molecule has 1 N–H and O–H groups in total. The van der Waals surface area contributed by atoms with Gasteiger partial charge in [0.15, 0.2) is 0 Å². The van der Waals surface area contributed by atoms with Crippen molar-refractivity contribution >= 4 is 21.4 Å². The van der Waals surface area contributed by atoms with Crippen molar-refractivity contribution < 1.29 is 0 Å². The quantitative estimate of drug-likeness (QED) is 0.830. The molecule has 2 aromatic rings. The molecule has 1 aromatic carbocycles. The fraction of sp³-hybridized carbons (Fsp3) is 0.385. The lowest BCUT2D eigenvalue weighted by atomic mass is 10.2. The van der Waals surface area contributed by atoms with E-state index >= 15 is 0 Å². The second kappa shape index (κ2) is 4.33. The molecule has 0 aliphatic rings. The molecule has 0 unspecified atom stereocenters. The summed E-state index contributed by atoms with van der Waals surface area (Å²) < 4.78 is 1.39. The van der Waals surface area contributed by atoms with Gasteiger partial charge < -0.3 is 5.32 Å². The summed E-state index contributed by atoms with van der Waals surface area (Å²) in [6.07, 6.45) is 0. The third-order valence-electron chi connectivity index (χ3n) is 2.41. The van der Waals surface area contributed by atoms with Crippen molar-refractivity contribution in [2.75, 3.05) is 0 Å². The maximum Gasteiger partial charge on any atom is 0.0346 e. The zero-order chi connectivity index (χ0) is 10.8. The lowest BCUT2D eigenvalue weighted by Gasteiger charge is -2.04. The Morgan fingerprint density at radius 2 is 2.07 bits per heavy atom. The van der Waals surface area contributed by atoms with Crippen LogP contribution in [0.4, 0.5) is 0 Å². The van der Waals surface area contributed by atoms with E-state index in [4.69, 9.17) is 0 Å². The van der Waals surface area contributed by atoms with Gasteiger partial charge in [0.05, 0.1) is 0 Å². The predicted molar refractivity (Wildman–Crippen MR) is 68.5 cm³/mol. The Morgan fingerprint density at radius 3 is 2.80 bits per heavy atom. The summed E-state index contributed by atoms with van der Waals surface area (Å²) in [5.74, 6) is 0. The highest BCUT2D eigenvalue weighted by molar-refractivity contribution is 7.19. The molecule has 0 aliphatic heterocycles. The summed E-state index contributed by atoms with van der Waals surface area (Å²) >= 11 is 1.89. The molecule has 80 valence electrons. The minimum atomic E-state index is 0.553. The third-order valence-corrected chi connectivity index (χ3v) is 3.52. The largest absolute Gasteiger partial charge is 0.310 e. The number of fused-ring (bicyclic) bond motifs is 1. The van der Waals surface area contributed by atoms with Crippen LogP contribution in [0.5, 0.6) is 0 Å². The van der Waals surface area contributed by atoms with Crippen LogP contribution < -0.4 is 5.32 Å². The van der Waals surface area contributed by atoms with Crippen molar-refractivity contribution in [2.45, 2.75) is 33.4 Å². The number of nitrogens with one attached hydrogen (secondary N) is 1. The standard InChI is InChI=1S/C13H17NS/c1-9(2)14-8-12-7-11-6-10(3)4-5-13(11)15-12/h4-7,9,14H,8H2,1-3H3. The molecule has 0 saturated carbocycles. The smallest absolute Gasteiger partial charge is 0.0346 e. The van der Waals surface area contributed by atoms with Gasteiger partial charge in [-0.15, -0.1) is 11.3 Å². The lowest BCUT2D eigenvalue weighted by molar-refractivity contribution is 0.593. The van der Waals surface area contributed by atoms with E-state index in [1.165, 1.54) is 20.5 Å². The molecule has 0 spiro atoms. The first kappa shape index (κ1) is 10.7. The summed E-state index contributed by atoms with van der Waals surface area (Å²) in [4.78, 5) is 1.42. The van der Waals surface area contributed by atoms with Crippen molar-refractivity contribution in [1.82, 2.24) is 5.32 Å². The van der Waals surface area contributed by atoms with Crippen molar-refractivity contribution in [1.29, 1.82) is 0 Å². The van der Waals surface area contributed by atoms with E-state index < -0.39 is 0 Å². The van der Waals surface area contributed by atoms with Gasteiger partial charge >= 0.3 is 0 Å². The van der Waals surface area contributed by atoms with E-state index in [1.807, 2.05) is 11.3 Å². The van der Waals surface area contributed by atoms with Crippen molar-refractivity contribution in [3.05, 3.63) is 34.7 Å². The summed E-state index contributed by atoms with van der Waals surface area (Å²) in [7, 11) is 0.